The Bertz CT molecular complexity index is 322. The molecule has 82 valence electrons. The molecule has 0 atom stereocenters. The van der Waals surface area contributed by atoms with Gasteiger partial charge in [-0.2, -0.15) is 12.6 Å². The van der Waals surface area contributed by atoms with E-state index in [4.69, 9.17) is 10.5 Å². The summed E-state index contributed by atoms with van der Waals surface area (Å²) in [6, 6.07) is 7.96. The largest absolute Gasteiger partial charge is 0.497 e. The highest BCUT2D eigenvalue weighted by atomic mass is 32.1. The van der Waals surface area contributed by atoms with Crippen molar-refractivity contribution in [3.8, 4) is 5.75 Å². The molecule has 2 N–H and O–H groups in total. The summed E-state index contributed by atoms with van der Waals surface area (Å²) in [7, 11) is 1.66. The third-order valence-electron chi connectivity index (χ3n) is 2.04. The molecule has 0 amide bonds. The van der Waals surface area contributed by atoms with Crippen molar-refractivity contribution < 1.29 is 4.74 Å². The van der Waals surface area contributed by atoms with Crippen molar-refractivity contribution in [2.45, 2.75) is 6.42 Å². The van der Waals surface area contributed by atoms with Gasteiger partial charge in [-0.05, 0) is 24.1 Å². The molecule has 0 aromatic heterocycles. The first-order valence-electron chi connectivity index (χ1n) is 4.79. The molecule has 1 rings (SSSR count). The molecule has 1 aromatic rings. The molecule has 3 nitrogen and oxygen atoms in total. The van der Waals surface area contributed by atoms with Crippen molar-refractivity contribution in [2.75, 3.05) is 19.4 Å². The summed E-state index contributed by atoms with van der Waals surface area (Å²) >= 11 is 4.03. The van der Waals surface area contributed by atoms with Gasteiger partial charge in [0.1, 0.15) is 11.6 Å². The van der Waals surface area contributed by atoms with Crippen LogP contribution in [-0.4, -0.2) is 25.2 Å². The maximum absolute atomic E-state index is 5.54. The van der Waals surface area contributed by atoms with Crippen LogP contribution in [-0.2, 0) is 6.42 Å². The molecule has 0 spiro atoms. The SMILES string of the molecule is COc1ccc(CCN=C(N)CS)cc1. The highest BCUT2D eigenvalue weighted by Gasteiger charge is 1.94. The first-order chi connectivity index (χ1) is 7.26. The van der Waals surface area contributed by atoms with Gasteiger partial charge >= 0.3 is 0 Å². The van der Waals surface area contributed by atoms with E-state index in [1.54, 1.807) is 7.11 Å². The van der Waals surface area contributed by atoms with Gasteiger partial charge in [0.2, 0.25) is 0 Å². The van der Waals surface area contributed by atoms with E-state index >= 15 is 0 Å². The fourth-order valence-corrected chi connectivity index (χ4v) is 1.27. The molecule has 15 heavy (non-hydrogen) atoms. The summed E-state index contributed by atoms with van der Waals surface area (Å²) < 4.78 is 5.07. The average molecular weight is 224 g/mol. The van der Waals surface area contributed by atoms with E-state index in [1.165, 1.54) is 5.56 Å². The molecule has 0 aliphatic rings. The van der Waals surface area contributed by atoms with E-state index < -0.39 is 0 Å². The third kappa shape index (κ3) is 4.25. The zero-order valence-electron chi connectivity index (χ0n) is 8.81. The molecular weight excluding hydrogens is 208 g/mol. The number of thiol groups is 1. The van der Waals surface area contributed by atoms with Gasteiger partial charge in [0.25, 0.3) is 0 Å². The Morgan fingerprint density at radius 3 is 2.60 bits per heavy atom. The van der Waals surface area contributed by atoms with E-state index in [1.807, 2.05) is 24.3 Å². The zero-order valence-corrected chi connectivity index (χ0v) is 9.71. The molecule has 0 unspecified atom stereocenters. The van der Waals surface area contributed by atoms with Crippen molar-refractivity contribution in [1.29, 1.82) is 0 Å². The summed E-state index contributed by atoms with van der Waals surface area (Å²) in [6.45, 7) is 0.707. The summed E-state index contributed by atoms with van der Waals surface area (Å²) in [5.41, 5.74) is 6.76. The van der Waals surface area contributed by atoms with Crippen LogP contribution in [0, 0.1) is 0 Å². The van der Waals surface area contributed by atoms with Crippen LogP contribution in [0.3, 0.4) is 0 Å². The first kappa shape index (κ1) is 11.9. The highest BCUT2D eigenvalue weighted by Crippen LogP contribution is 2.11. The highest BCUT2D eigenvalue weighted by molar-refractivity contribution is 7.81. The summed E-state index contributed by atoms with van der Waals surface area (Å²) in [5, 5.41) is 0. The minimum Gasteiger partial charge on any atom is -0.497 e. The fraction of sp³-hybridized carbons (Fsp3) is 0.364. The number of hydrogen-bond acceptors (Lipinski definition) is 3. The Labute approximate surface area is 95.8 Å². The van der Waals surface area contributed by atoms with Gasteiger partial charge < -0.3 is 10.5 Å². The minimum absolute atomic E-state index is 0.516. The number of methoxy groups -OCH3 is 1. The van der Waals surface area contributed by atoms with Crippen molar-refractivity contribution in [3.05, 3.63) is 29.8 Å². The van der Waals surface area contributed by atoms with Crippen LogP contribution in [0.5, 0.6) is 5.75 Å². The molecular formula is C11H16N2OS. The lowest BCUT2D eigenvalue weighted by Crippen LogP contribution is -2.14. The van der Waals surface area contributed by atoms with Crippen LogP contribution in [0.1, 0.15) is 5.56 Å². The number of ether oxygens (including phenoxy) is 1. The van der Waals surface area contributed by atoms with Crippen LogP contribution in [0.2, 0.25) is 0 Å². The van der Waals surface area contributed by atoms with E-state index in [2.05, 4.69) is 17.6 Å². The van der Waals surface area contributed by atoms with Gasteiger partial charge in [0.05, 0.1) is 7.11 Å². The van der Waals surface area contributed by atoms with Gasteiger partial charge in [-0.25, -0.2) is 0 Å². The summed E-state index contributed by atoms with van der Waals surface area (Å²) in [6.07, 6.45) is 0.887. The topological polar surface area (TPSA) is 47.6 Å². The molecule has 0 fully saturated rings. The lowest BCUT2D eigenvalue weighted by Gasteiger charge is -2.02. The van der Waals surface area contributed by atoms with Crippen LogP contribution in [0.15, 0.2) is 29.3 Å². The van der Waals surface area contributed by atoms with E-state index in [9.17, 15) is 0 Å². The van der Waals surface area contributed by atoms with Crippen molar-refractivity contribution in [2.24, 2.45) is 10.7 Å². The second kappa shape index (κ2) is 6.35. The number of benzene rings is 1. The normalized spacial score (nSPS) is 11.5. The maximum atomic E-state index is 5.54. The van der Waals surface area contributed by atoms with Crippen molar-refractivity contribution >= 4 is 18.5 Å². The molecule has 0 bridgehead atoms. The lowest BCUT2D eigenvalue weighted by atomic mass is 10.1. The van der Waals surface area contributed by atoms with Crippen LogP contribution >= 0.6 is 12.6 Å². The second-order valence-electron chi connectivity index (χ2n) is 3.13. The number of rotatable bonds is 5. The van der Waals surface area contributed by atoms with Crippen LogP contribution in [0.4, 0.5) is 0 Å². The van der Waals surface area contributed by atoms with Crippen molar-refractivity contribution in [1.82, 2.24) is 0 Å². The Hall–Kier alpha value is -1.16. The first-order valence-corrected chi connectivity index (χ1v) is 5.42. The molecule has 0 aliphatic carbocycles. The summed E-state index contributed by atoms with van der Waals surface area (Å²) in [4.78, 5) is 4.17. The van der Waals surface area contributed by atoms with Gasteiger partial charge in [-0.15, -0.1) is 0 Å². The van der Waals surface area contributed by atoms with Gasteiger partial charge in [-0.1, -0.05) is 12.1 Å². The van der Waals surface area contributed by atoms with Gasteiger partial charge in [0.15, 0.2) is 0 Å². The van der Waals surface area contributed by atoms with Crippen LogP contribution < -0.4 is 10.5 Å². The molecule has 4 heteroatoms. The number of aliphatic imine (C=N–C) groups is 1. The van der Waals surface area contributed by atoms with E-state index in [0.29, 0.717) is 18.1 Å². The predicted octanol–water partition coefficient (Wildman–Crippen LogP) is 1.52. The van der Waals surface area contributed by atoms with E-state index in [0.717, 1.165) is 12.2 Å². The standard InChI is InChI=1S/C11H16N2OS/c1-14-10-4-2-9(3-5-10)6-7-13-11(12)8-15/h2-5,15H,6-8H2,1H3,(H2,12,13). The van der Waals surface area contributed by atoms with Gasteiger partial charge in [-0.3, -0.25) is 4.99 Å². The van der Waals surface area contributed by atoms with Gasteiger partial charge in [0, 0.05) is 12.3 Å². The number of amidine groups is 1. The lowest BCUT2D eigenvalue weighted by molar-refractivity contribution is 0.414. The minimum atomic E-state index is 0.516. The van der Waals surface area contributed by atoms with Crippen molar-refractivity contribution in [3.63, 3.8) is 0 Å². The molecule has 0 aliphatic heterocycles. The zero-order chi connectivity index (χ0) is 11.1. The fourth-order valence-electron chi connectivity index (χ4n) is 1.17. The summed E-state index contributed by atoms with van der Waals surface area (Å²) in [5.74, 6) is 1.98. The Morgan fingerprint density at radius 2 is 2.07 bits per heavy atom. The van der Waals surface area contributed by atoms with E-state index in [-0.39, 0.29) is 0 Å². The molecule has 0 heterocycles. The Morgan fingerprint density at radius 1 is 1.40 bits per heavy atom. The van der Waals surface area contributed by atoms with Crippen LogP contribution in [0.25, 0.3) is 0 Å². The Kier molecular flexibility index (Phi) is 5.04. The molecule has 0 saturated heterocycles. The number of nitrogens with zero attached hydrogens (tertiary/aromatic N) is 1. The smallest absolute Gasteiger partial charge is 0.118 e. The third-order valence-corrected chi connectivity index (χ3v) is 2.36. The predicted molar refractivity (Wildman–Crippen MR) is 67.0 cm³/mol. The number of hydrogen-bond donors (Lipinski definition) is 2. The molecule has 1 aromatic carbocycles. The molecule has 0 saturated carbocycles. The Balaban J connectivity index is 2.44. The maximum Gasteiger partial charge on any atom is 0.118 e. The quantitative estimate of drug-likeness (QED) is 0.452. The monoisotopic (exact) mass is 224 g/mol. The second-order valence-corrected chi connectivity index (χ2v) is 3.45. The number of nitrogens with two attached hydrogens (primary N) is 1. The average Bonchev–Trinajstić information content (AvgIpc) is 2.29. The molecule has 0 radical (unpaired) electrons.